The van der Waals surface area contributed by atoms with Crippen molar-refractivity contribution < 1.29 is 0 Å². The van der Waals surface area contributed by atoms with Crippen molar-refractivity contribution >= 4 is 28.8 Å². The molecule has 0 unspecified atom stereocenters. The molecule has 0 saturated carbocycles. The van der Waals surface area contributed by atoms with Crippen LogP contribution in [0.5, 0.6) is 0 Å². The molecule has 2 rings (SSSR count). The van der Waals surface area contributed by atoms with Crippen LogP contribution < -0.4 is 0 Å². The lowest BCUT2D eigenvalue weighted by Gasteiger charge is -2.01. The van der Waals surface area contributed by atoms with Crippen molar-refractivity contribution in [1.29, 1.82) is 0 Å². The third-order valence-electron chi connectivity index (χ3n) is 1.97. The van der Waals surface area contributed by atoms with Crippen LogP contribution in [0.25, 0.3) is 5.65 Å². The number of nitrogens with zero attached hydrogens (tertiary/aromatic N) is 2. The number of halogens is 2. The minimum atomic E-state index is 0.445. The molecule has 0 amide bonds. The van der Waals surface area contributed by atoms with Crippen molar-refractivity contribution in [2.45, 2.75) is 12.8 Å². The minimum absolute atomic E-state index is 0.445. The maximum atomic E-state index is 5.92. The third-order valence-corrected chi connectivity index (χ3v) is 2.45. The quantitative estimate of drug-likeness (QED) is 0.668. The van der Waals surface area contributed by atoms with Crippen LogP contribution in [0.2, 0.25) is 5.02 Å². The molecule has 2 aromatic rings. The zero-order valence-electron chi connectivity index (χ0n) is 7.09. The van der Waals surface area contributed by atoms with Crippen LogP contribution in [0.3, 0.4) is 0 Å². The fraction of sp³-hybridized carbons (Fsp3) is 0.222. The van der Waals surface area contributed by atoms with Gasteiger partial charge in [-0.15, -0.1) is 11.6 Å². The highest BCUT2D eigenvalue weighted by molar-refractivity contribution is 6.30. The second-order valence-electron chi connectivity index (χ2n) is 2.92. The van der Waals surface area contributed by atoms with Crippen LogP contribution >= 0.6 is 23.2 Å². The van der Waals surface area contributed by atoms with Crippen molar-refractivity contribution in [2.75, 3.05) is 0 Å². The number of imidazole rings is 1. The first kappa shape index (κ1) is 8.85. The molecule has 2 aromatic heterocycles. The number of pyridine rings is 1. The molecule has 68 valence electrons. The van der Waals surface area contributed by atoms with E-state index >= 15 is 0 Å². The van der Waals surface area contributed by atoms with Gasteiger partial charge in [0, 0.05) is 6.20 Å². The normalized spacial score (nSPS) is 11.0. The first-order chi connectivity index (χ1) is 6.22. The van der Waals surface area contributed by atoms with Gasteiger partial charge in [0.05, 0.1) is 22.8 Å². The summed E-state index contributed by atoms with van der Waals surface area (Å²) in [4.78, 5) is 4.25. The Morgan fingerprint density at radius 3 is 3.00 bits per heavy atom. The van der Waals surface area contributed by atoms with Gasteiger partial charge in [-0.05, 0) is 18.6 Å². The summed E-state index contributed by atoms with van der Waals surface area (Å²) in [5.41, 5.74) is 2.94. The van der Waals surface area contributed by atoms with E-state index in [1.54, 1.807) is 6.20 Å². The van der Waals surface area contributed by atoms with E-state index in [0.29, 0.717) is 10.9 Å². The number of fused-ring (bicyclic) bond motifs is 1. The molecule has 0 N–H and O–H groups in total. The molecule has 2 heterocycles. The standard InChI is InChI=1S/C9H8Cl2N2/c1-6-2-7(11)5-13-8(3-10)4-12-9(6)13/h2,4-5H,3H2,1H3. The lowest BCUT2D eigenvalue weighted by Crippen LogP contribution is -1.91. The summed E-state index contributed by atoms with van der Waals surface area (Å²) in [7, 11) is 0. The Labute approximate surface area is 86.1 Å². The van der Waals surface area contributed by atoms with Gasteiger partial charge in [-0.1, -0.05) is 11.6 Å². The summed E-state index contributed by atoms with van der Waals surface area (Å²) in [5.74, 6) is 0.445. The fourth-order valence-electron chi connectivity index (χ4n) is 1.36. The molecule has 0 aliphatic heterocycles. The van der Waals surface area contributed by atoms with Gasteiger partial charge in [-0.2, -0.15) is 0 Å². The predicted molar refractivity (Wildman–Crippen MR) is 54.5 cm³/mol. The highest BCUT2D eigenvalue weighted by Gasteiger charge is 2.05. The largest absolute Gasteiger partial charge is 0.301 e. The monoisotopic (exact) mass is 214 g/mol. The summed E-state index contributed by atoms with van der Waals surface area (Å²) in [5, 5.41) is 0.703. The first-order valence-electron chi connectivity index (χ1n) is 3.90. The van der Waals surface area contributed by atoms with E-state index in [2.05, 4.69) is 4.98 Å². The number of alkyl halides is 1. The summed E-state index contributed by atoms with van der Waals surface area (Å²) in [6, 6.07) is 1.89. The van der Waals surface area contributed by atoms with Crippen molar-refractivity contribution in [1.82, 2.24) is 9.38 Å². The van der Waals surface area contributed by atoms with Gasteiger partial charge in [0.1, 0.15) is 5.65 Å². The van der Waals surface area contributed by atoms with Crippen molar-refractivity contribution in [3.63, 3.8) is 0 Å². The molecular formula is C9H8Cl2N2. The average molecular weight is 215 g/mol. The lowest BCUT2D eigenvalue weighted by molar-refractivity contribution is 1.08. The molecule has 0 fully saturated rings. The maximum Gasteiger partial charge on any atom is 0.139 e. The van der Waals surface area contributed by atoms with Gasteiger partial charge in [-0.25, -0.2) is 4.98 Å². The summed E-state index contributed by atoms with van der Waals surface area (Å²) in [6.07, 6.45) is 3.60. The van der Waals surface area contributed by atoms with Crippen LogP contribution in [0.1, 0.15) is 11.3 Å². The molecule has 0 bridgehead atoms. The lowest BCUT2D eigenvalue weighted by atomic mass is 10.3. The smallest absolute Gasteiger partial charge is 0.139 e. The molecule has 0 atom stereocenters. The highest BCUT2D eigenvalue weighted by atomic mass is 35.5. The van der Waals surface area contributed by atoms with Crippen LogP contribution in [0.4, 0.5) is 0 Å². The Hall–Kier alpha value is -0.730. The van der Waals surface area contributed by atoms with Crippen LogP contribution in [0.15, 0.2) is 18.5 Å². The topological polar surface area (TPSA) is 17.3 Å². The van der Waals surface area contributed by atoms with E-state index in [0.717, 1.165) is 16.9 Å². The Kier molecular flexibility index (Phi) is 2.18. The molecule has 2 nitrogen and oxygen atoms in total. The van der Waals surface area contributed by atoms with E-state index in [4.69, 9.17) is 23.2 Å². The van der Waals surface area contributed by atoms with Gasteiger partial charge in [0.2, 0.25) is 0 Å². The summed E-state index contributed by atoms with van der Waals surface area (Å²) < 4.78 is 1.92. The highest BCUT2D eigenvalue weighted by Crippen LogP contribution is 2.18. The van der Waals surface area contributed by atoms with Gasteiger partial charge in [0.25, 0.3) is 0 Å². The summed E-state index contributed by atoms with van der Waals surface area (Å²) >= 11 is 11.7. The SMILES string of the molecule is Cc1cc(Cl)cn2c(CCl)cnc12. The average Bonchev–Trinajstić information content (AvgIpc) is 2.47. The molecule has 0 aliphatic carbocycles. The minimum Gasteiger partial charge on any atom is -0.301 e. The van der Waals surface area contributed by atoms with E-state index in [-0.39, 0.29) is 0 Å². The molecule has 0 aliphatic rings. The van der Waals surface area contributed by atoms with Crippen LogP contribution in [-0.2, 0) is 5.88 Å². The predicted octanol–water partition coefficient (Wildman–Crippen LogP) is 3.03. The molecule has 13 heavy (non-hydrogen) atoms. The zero-order chi connectivity index (χ0) is 9.42. The molecule has 0 spiro atoms. The van der Waals surface area contributed by atoms with Crippen molar-refractivity contribution in [3.8, 4) is 0 Å². The van der Waals surface area contributed by atoms with Crippen molar-refractivity contribution in [3.05, 3.63) is 34.7 Å². The second-order valence-corrected chi connectivity index (χ2v) is 3.62. The Bertz CT molecular complexity index is 448. The van der Waals surface area contributed by atoms with Crippen molar-refractivity contribution in [2.24, 2.45) is 0 Å². The van der Waals surface area contributed by atoms with E-state index in [9.17, 15) is 0 Å². The number of hydrogen-bond donors (Lipinski definition) is 0. The molecule has 0 aromatic carbocycles. The van der Waals surface area contributed by atoms with Crippen LogP contribution in [-0.4, -0.2) is 9.38 Å². The number of aromatic nitrogens is 2. The van der Waals surface area contributed by atoms with Gasteiger partial charge < -0.3 is 4.40 Å². The first-order valence-corrected chi connectivity index (χ1v) is 4.81. The van der Waals surface area contributed by atoms with E-state index in [1.165, 1.54) is 0 Å². The number of rotatable bonds is 1. The van der Waals surface area contributed by atoms with E-state index in [1.807, 2.05) is 23.6 Å². The second kappa shape index (κ2) is 3.20. The zero-order valence-corrected chi connectivity index (χ0v) is 8.60. The molecule has 0 radical (unpaired) electrons. The van der Waals surface area contributed by atoms with Crippen LogP contribution in [0, 0.1) is 6.92 Å². The Morgan fingerprint density at radius 2 is 2.31 bits per heavy atom. The summed E-state index contributed by atoms with van der Waals surface area (Å²) in [6.45, 7) is 1.98. The molecule has 4 heteroatoms. The number of aryl methyl sites for hydroxylation is 1. The molecule has 0 saturated heterocycles. The fourth-order valence-corrected chi connectivity index (χ4v) is 1.82. The molecular weight excluding hydrogens is 207 g/mol. The number of hydrogen-bond acceptors (Lipinski definition) is 1. The van der Waals surface area contributed by atoms with Gasteiger partial charge >= 0.3 is 0 Å². The van der Waals surface area contributed by atoms with Gasteiger partial charge in [-0.3, -0.25) is 0 Å². The Morgan fingerprint density at radius 1 is 1.54 bits per heavy atom. The third kappa shape index (κ3) is 1.40. The Balaban J connectivity index is 2.82. The van der Waals surface area contributed by atoms with E-state index < -0.39 is 0 Å². The van der Waals surface area contributed by atoms with Gasteiger partial charge in [0.15, 0.2) is 0 Å². The maximum absolute atomic E-state index is 5.92.